The molecule has 0 aromatic carbocycles. The molecule has 3 heteroatoms. The molecule has 0 N–H and O–H groups in total. The van der Waals surface area contributed by atoms with E-state index in [1.54, 1.807) is 0 Å². The zero-order chi connectivity index (χ0) is 22.4. The molecule has 0 spiro atoms. The van der Waals surface area contributed by atoms with E-state index >= 15 is 0 Å². The maximum absolute atomic E-state index is 11.3. The number of hydrogen-bond donors (Lipinski definition) is 0. The number of hydrogen-bond acceptors (Lipinski definition) is 2. The van der Waals surface area contributed by atoms with E-state index < -0.39 is 5.43 Å². The van der Waals surface area contributed by atoms with Crippen LogP contribution < -0.4 is 0 Å². The fourth-order valence-electron chi connectivity index (χ4n) is 9.48. The Balaban J connectivity index is 1.43. The van der Waals surface area contributed by atoms with Crippen molar-refractivity contribution in [3.63, 3.8) is 0 Å². The summed E-state index contributed by atoms with van der Waals surface area (Å²) in [5, 5.41) is 0. The highest BCUT2D eigenvalue weighted by Crippen LogP contribution is 2.68. The standard InChI is InChI=1S/C28H47ClO2/c1-18(2)7-6-8-19(3)23-11-12-24-22-10-9-20-17-21(31-26(29)30)13-15-27(20,4)25(22)14-16-28(23,24)5/h18-25H,6-17H2,1-5H3/t19-,20?,21?,22?,23-,24?,25?,27+,28-/m1/s1. The molecule has 0 saturated heterocycles. The van der Waals surface area contributed by atoms with Crippen LogP contribution in [0, 0.1) is 52.3 Å². The van der Waals surface area contributed by atoms with E-state index in [0.29, 0.717) is 16.7 Å². The Kier molecular flexibility index (Phi) is 7.08. The van der Waals surface area contributed by atoms with Crippen LogP contribution in [0.2, 0.25) is 0 Å². The van der Waals surface area contributed by atoms with E-state index in [1.165, 1.54) is 64.2 Å². The fourth-order valence-corrected chi connectivity index (χ4v) is 9.61. The van der Waals surface area contributed by atoms with Gasteiger partial charge in [0.25, 0.3) is 0 Å². The number of ether oxygens (including phenoxy) is 1. The molecule has 4 aliphatic rings. The molecule has 0 amide bonds. The summed E-state index contributed by atoms with van der Waals surface area (Å²) >= 11 is 5.53. The molecule has 0 radical (unpaired) electrons. The number of fused-ring (bicyclic) bond motifs is 5. The van der Waals surface area contributed by atoms with Crippen molar-refractivity contribution in [2.75, 3.05) is 0 Å². The van der Waals surface area contributed by atoms with E-state index in [0.717, 1.165) is 48.3 Å². The molecule has 4 saturated carbocycles. The van der Waals surface area contributed by atoms with E-state index in [9.17, 15) is 4.79 Å². The van der Waals surface area contributed by atoms with E-state index in [-0.39, 0.29) is 6.10 Å². The molecule has 0 bridgehead atoms. The molecule has 31 heavy (non-hydrogen) atoms. The Morgan fingerprint density at radius 2 is 1.65 bits per heavy atom. The van der Waals surface area contributed by atoms with Crippen LogP contribution in [0.5, 0.6) is 0 Å². The third kappa shape index (κ3) is 4.45. The topological polar surface area (TPSA) is 26.3 Å². The van der Waals surface area contributed by atoms with Gasteiger partial charge in [-0.2, -0.15) is 0 Å². The first-order valence-corrected chi connectivity index (χ1v) is 13.9. The van der Waals surface area contributed by atoms with Crippen LogP contribution in [0.25, 0.3) is 0 Å². The molecule has 0 aromatic heterocycles. The SMILES string of the molecule is CC(C)CCC[C@@H](C)[C@H]1CCC2C3CCC4CC(OC(=O)Cl)CC[C@]4(C)C3CC[C@@]21C. The van der Waals surface area contributed by atoms with Gasteiger partial charge in [-0.05, 0) is 110 Å². The average molecular weight is 451 g/mol. The van der Waals surface area contributed by atoms with Crippen molar-refractivity contribution in [3.05, 3.63) is 0 Å². The first kappa shape index (κ1) is 23.9. The molecule has 178 valence electrons. The molecule has 2 nitrogen and oxygen atoms in total. The molecular formula is C28H47ClO2. The lowest BCUT2D eigenvalue weighted by Crippen LogP contribution is -2.54. The Labute approximate surface area is 196 Å². The number of carbonyl (C=O) groups is 1. The summed E-state index contributed by atoms with van der Waals surface area (Å²) in [5.41, 5.74) is 0.406. The minimum Gasteiger partial charge on any atom is -0.450 e. The van der Waals surface area contributed by atoms with E-state index in [4.69, 9.17) is 16.3 Å². The van der Waals surface area contributed by atoms with Crippen molar-refractivity contribution in [3.8, 4) is 0 Å². The van der Waals surface area contributed by atoms with Gasteiger partial charge in [0, 0.05) is 11.6 Å². The lowest BCUT2D eigenvalue weighted by molar-refractivity contribution is -0.128. The molecular weight excluding hydrogens is 404 g/mol. The monoisotopic (exact) mass is 450 g/mol. The average Bonchev–Trinajstić information content (AvgIpc) is 3.05. The van der Waals surface area contributed by atoms with Gasteiger partial charge in [0.05, 0.1) is 0 Å². The summed E-state index contributed by atoms with van der Waals surface area (Å²) in [7, 11) is 0. The lowest BCUT2D eigenvalue weighted by atomic mass is 9.44. The number of carbonyl (C=O) groups excluding carboxylic acids is 1. The maximum atomic E-state index is 11.3. The summed E-state index contributed by atoms with van der Waals surface area (Å²) in [6, 6.07) is 0. The van der Waals surface area contributed by atoms with Gasteiger partial charge in [-0.25, -0.2) is 4.79 Å². The van der Waals surface area contributed by atoms with Crippen LogP contribution in [-0.4, -0.2) is 11.5 Å². The first-order valence-electron chi connectivity index (χ1n) is 13.5. The molecule has 0 aliphatic heterocycles. The molecule has 9 atom stereocenters. The van der Waals surface area contributed by atoms with Gasteiger partial charge in [-0.15, -0.1) is 0 Å². The minimum absolute atomic E-state index is 0.0519. The van der Waals surface area contributed by atoms with Crippen LogP contribution in [0.4, 0.5) is 4.79 Å². The third-order valence-electron chi connectivity index (χ3n) is 11.1. The van der Waals surface area contributed by atoms with Crippen molar-refractivity contribution in [2.45, 2.75) is 118 Å². The van der Waals surface area contributed by atoms with E-state index in [1.807, 2.05) is 0 Å². The zero-order valence-electron chi connectivity index (χ0n) is 20.8. The molecule has 4 rings (SSSR count). The Morgan fingerprint density at radius 1 is 0.935 bits per heavy atom. The van der Waals surface area contributed by atoms with Gasteiger partial charge in [0.2, 0.25) is 0 Å². The fraction of sp³-hybridized carbons (Fsp3) is 0.964. The van der Waals surface area contributed by atoms with Gasteiger partial charge in [-0.1, -0.05) is 53.9 Å². The van der Waals surface area contributed by atoms with Crippen molar-refractivity contribution in [2.24, 2.45) is 52.3 Å². The van der Waals surface area contributed by atoms with Crippen molar-refractivity contribution in [1.29, 1.82) is 0 Å². The second-order valence-corrected chi connectivity index (χ2v) is 13.2. The maximum Gasteiger partial charge on any atom is 0.404 e. The van der Waals surface area contributed by atoms with Gasteiger partial charge < -0.3 is 4.74 Å². The summed E-state index contributed by atoms with van der Waals surface area (Å²) in [5.74, 6) is 6.13. The largest absolute Gasteiger partial charge is 0.450 e. The predicted octanol–water partition coefficient (Wildman–Crippen LogP) is 8.85. The Hall–Kier alpha value is -0.240. The molecule has 5 unspecified atom stereocenters. The molecule has 0 heterocycles. The highest BCUT2D eigenvalue weighted by atomic mass is 35.5. The zero-order valence-corrected chi connectivity index (χ0v) is 21.6. The summed E-state index contributed by atoms with van der Waals surface area (Å²) < 4.78 is 5.42. The lowest BCUT2D eigenvalue weighted by Gasteiger charge is -2.61. The van der Waals surface area contributed by atoms with Crippen LogP contribution >= 0.6 is 11.6 Å². The van der Waals surface area contributed by atoms with Gasteiger partial charge in [0.1, 0.15) is 6.10 Å². The van der Waals surface area contributed by atoms with Crippen LogP contribution in [0.3, 0.4) is 0 Å². The third-order valence-corrected chi connectivity index (χ3v) is 11.2. The summed E-state index contributed by atoms with van der Waals surface area (Å²) in [6.45, 7) is 12.6. The quantitative estimate of drug-likeness (QED) is 0.377. The Morgan fingerprint density at radius 3 is 2.35 bits per heavy atom. The van der Waals surface area contributed by atoms with E-state index in [2.05, 4.69) is 34.6 Å². The van der Waals surface area contributed by atoms with Crippen LogP contribution in [0.1, 0.15) is 112 Å². The molecule has 4 aliphatic carbocycles. The number of halogens is 1. The second-order valence-electron chi connectivity index (χ2n) is 12.9. The summed E-state index contributed by atoms with van der Waals surface area (Å²) in [6.07, 6.45) is 16.1. The van der Waals surface area contributed by atoms with Crippen LogP contribution in [-0.2, 0) is 4.74 Å². The highest BCUT2D eigenvalue weighted by Gasteiger charge is 2.60. The first-order chi connectivity index (χ1) is 14.6. The minimum atomic E-state index is -0.616. The van der Waals surface area contributed by atoms with Gasteiger partial charge in [-0.3, -0.25) is 0 Å². The summed E-state index contributed by atoms with van der Waals surface area (Å²) in [4.78, 5) is 11.3. The van der Waals surface area contributed by atoms with Crippen LogP contribution in [0.15, 0.2) is 0 Å². The smallest absolute Gasteiger partial charge is 0.404 e. The van der Waals surface area contributed by atoms with Crippen molar-refractivity contribution >= 4 is 17.0 Å². The highest BCUT2D eigenvalue weighted by molar-refractivity contribution is 6.61. The van der Waals surface area contributed by atoms with Gasteiger partial charge in [0.15, 0.2) is 0 Å². The van der Waals surface area contributed by atoms with Gasteiger partial charge >= 0.3 is 5.43 Å². The number of rotatable bonds is 6. The molecule has 0 aromatic rings. The van der Waals surface area contributed by atoms with Crippen molar-refractivity contribution in [1.82, 2.24) is 0 Å². The normalized spacial score (nSPS) is 45.5. The Bertz CT molecular complexity index is 647. The van der Waals surface area contributed by atoms with Crippen molar-refractivity contribution < 1.29 is 9.53 Å². The molecule has 4 fully saturated rings. The predicted molar refractivity (Wildman–Crippen MR) is 129 cm³/mol. The second kappa shape index (κ2) is 9.19.